The monoisotopic (exact) mass is 279 g/mol. The number of rotatable bonds is 2. The van der Waals surface area contributed by atoms with Gasteiger partial charge in [-0.15, -0.1) is 0 Å². The second-order valence-corrected chi connectivity index (χ2v) is 5.09. The van der Waals surface area contributed by atoms with Gasteiger partial charge in [0.1, 0.15) is 24.4 Å². The minimum atomic E-state index is 0.281. The van der Waals surface area contributed by atoms with Crippen molar-refractivity contribution in [1.29, 1.82) is 5.26 Å². The van der Waals surface area contributed by atoms with Crippen molar-refractivity contribution in [3.8, 4) is 6.07 Å². The molecule has 1 saturated heterocycles. The minimum Gasteiger partial charge on any atom is -0.352 e. The summed E-state index contributed by atoms with van der Waals surface area (Å²) < 4.78 is 3.71. The molecule has 0 radical (unpaired) electrons. The van der Waals surface area contributed by atoms with Crippen LogP contribution in [0.15, 0.2) is 37.1 Å². The summed E-state index contributed by atoms with van der Waals surface area (Å²) >= 11 is 0. The Bertz CT molecular complexity index is 812. The summed E-state index contributed by atoms with van der Waals surface area (Å²) in [6.45, 7) is 1.66. The van der Waals surface area contributed by atoms with E-state index in [0.717, 1.165) is 31.0 Å². The lowest BCUT2D eigenvalue weighted by Gasteiger charge is -2.15. The molecule has 0 saturated carbocycles. The topological polar surface area (TPSA) is 75.0 Å². The molecule has 1 unspecified atom stereocenters. The van der Waals surface area contributed by atoms with Gasteiger partial charge in [-0.25, -0.2) is 14.6 Å². The SMILES string of the molecule is N#Cc1c(N2CCC(n3cncn3)C2)nc2ccccn12. The first-order valence-corrected chi connectivity index (χ1v) is 6.83. The largest absolute Gasteiger partial charge is 0.352 e. The lowest BCUT2D eigenvalue weighted by atomic mass is 10.3. The van der Waals surface area contributed by atoms with Gasteiger partial charge in [-0.05, 0) is 18.6 Å². The molecule has 0 N–H and O–H groups in total. The minimum absolute atomic E-state index is 0.281. The molecular weight excluding hydrogens is 266 g/mol. The van der Waals surface area contributed by atoms with Crippen molar-refractivity contribution in [1.82, 2.24) is 24.1 Å². The molecular formula is C14H13N7. The van der Waals surface area contributed by atoms with Crippen LogP contribution in [0.25, 0.3) is 5.65 Å². The maximum atomic E-state index is 9.45. The summed E-state index contributed by atoms with van der Waals surface area (Å²) in [5, 5.41) is 13.7. The summed E-state index contributed by atoms with van der Waals surface area (Å²) in [5.41, 5.74) is 1.39. The van der Waals surface area contributed by atoms with Crippen LogP contribution in [0.1, 0.15) is 18.2 Å². The number of nitrogens with zero attached hydrogens (tertiary/aromatic N) is 7. The lowest BCUT2D eigenvalue weighted by molar-refractivity contribution is 0.493. The number of fused-ring (bicyclic) bond motifs is 1. The molecule has 7 nitrogen and oxygen atoms in total. The first kappa shape index (κ1) is 11.9. The highest BCUT2D eigenvalue weighted by Crippen LogP contribution is 2.28. The van der Waals surface area contributed by atoms with Gasteiger partial charge in [0.2, 0.25) is 0 Å². The predicted octanol–water partition coefficient (Wildman–Crippen LogP) is 1.25. The molecule has 0 aliphatic carbocycles. The van der Waals surface area contributed by atoms with E-state index < -0.39 is 0 Å². The molecule has 4 rings (SSSR count). The van der Waals surface area contributed by atoms with Crippen LogP contribution in [0.5, 0.6) is 0 Å². The van der Waals surface area contributed by atoms with Crippen molar-refractivity contribution >= 4 is 11.5 Å². The second kappa shape index (κ2) is 4.59. The zero-order chi connectivity index (χ0) is 14.2. The molecule has 0 spiro atoms. The lowest BCUT2D eigenvalue weighted by Crippen LogP contribution is -2.22. The second-order valence-electron chi connectivity index (χ2n) is 5.09. The van der Waals surface area contributed by atoms with Crippen molar-refractivity contribution in [2.45, 2.75) is 12.5 Å². The van der Waals surface area contributed by atoms with E-state index in [1.807, 2.05) is 33.5 Å². The van der Waals surface area contributed by atoms with Crippen LogP contribution in [0.4, 0.5) is 5.82 Å². The summed E-state index contributed by atoms with van der Waals surface area (Å²) in [6, 6.07) is 8.29. The fraction of sp³-hybridized carbons (Fsp3) is 0.286. The normalized spacial score (nSPS) is 18.2. The molecule has 1 fully saturated rings. The number of hydrogen-bond donors (Lipinski definition) is 0. The molecule has 0 bridgehead atoms. The van der Waals surface area contributed by atoms with E-state index in [-0.39, 0.29) is 6.04 Å². The summed E-state index contributed by atoms with van der Waals surface area (Å²) in [6.07, 6.45) is 6.13. The Kier molecular flexibility index (Phi) is 2.60. The average molecular weight is 279 g/mol. The van der Waals surface area contributed by atoms with Gasteiger partial charge >= 0.3 is 0 Å². The standard InChI is InChI=1S/C14H13N7/c15-7-12-14(18-13-3-1-2-5-20(12)13)19-6-4-11(8-19)21-10-16-9-17-21/h1-3,5,9-11H,4,6,8H2. The average Bonchev–Trinajstić information content (AvgIpc) is 3.24. The Morgan fingerprint density at radius 2 is 2.29 bits per heavy atom. The van der Waals surface area contributed by atoms with Gasteiger partial charge in [0, 0.05) is 19.3 Å². The van der Waals surface area contributed by atoms with E-state index in [0.29, 0.717) is 5.69 Å². The third-order valence-corrected chi connectivity index (χ3v) is 3.89. The van der Waals surface area contributed by atoms with E-state index in [9.17, 15) is 5.26 Å². The smallest absolute Gasteiger partial charge is 0.169 e. The van der Waals surface area contributed by atoms with Crippen LogP contribution in [-0.4, -0.2) is 37.2 Å². The molecule has 7 heteroatoms. The highest BCUT2D eigenvalue weighted by molar-refractivity contribution is 5.60. The highest BCUT2D eigenvalue weighted by atomic mass is 15.4. The molecule has 1 aliphatic rings. The van der Waals surface area contributed by atoms with Gasteiger partial charge in [0.25, 0.3) is 0 Å². The third-order valence-electron chi connectivity index (χ3n) is 3.89. The van der Waals surface area contributed by atoms with Gasteiger partial charge < -0.3 is 4.90 Å². The molecule has 4 heterocycles. The molecule has 1 atom stereocenters. The molecule has 3 aromatic heterocycles. The van der Waals surface area contributed by atoms with E-state index in [1.54, 1.807) is 12.7 Å². The number of pyridine rings is 1. The van der Waals surface area contributed by atoms with Gasteiger partial charge in [0.15, 0.2) is 11.5 Å². The summed E-state index contributed by atoms with van der Waals surface area (Å²) in [5.74, 6) is 0.756. The number of imidazole rings is 1. The molecule has 3 aromatic rings. The van der Waals surface area contributed by atoms with Gasteiger partial charge in [-0.1, -0.05) is 6.07 Å². The molecule has 0 aromatic carbocycles. The third kappa shape index (κ3) is 1.84. The molecule has 21 heavy (non-hydrogen) atoms. The van der Waals surface area contributed by atoms with Gasteiger partial charge in [0.05, 0.1) is 6.04 Å². The Hall–Kier alpha value is -2.88. The zero-order valence-electron chi connectivity index (χ0n) is 11.3. The molecule has 1 aliphatic heterocycles. The van der Waals surface area contributed by atoms with Crippen LogP contribution < -0.4 is 4.90 Å². The molecule has 104 valence electrons. The van der Waals surface area contributed by atoms with E-state index in [2.05, 4.69) is 26.0 Å². The van der Waals surface area contributed by atoms with Crippen molar-refractivity contribution in [3.05, 3.63) is 42.7 Å². The number of nitriles is 1. The van der Waals surface area contributed by atoms with E-state index in [1.165, 1.54) is 0 Å². The van der Waals surface area contributed by atoms with Crippen molar-refractivity contribution in [2.75, 3.05) is 18.0 Å². The first-order chi connectivity index (χ1) is 10.4. The molecule has 0 amide bonds. The fourth-order valence-electron chi connectivity index (χ4n) is 2.86. The Labute approximate surface area is 121 Å². The number of anilines is 1. The van der Waals surface area contributed by atoms with Gasteiger partial charge in [-0.3, -0.25) is 4.40 Å². The Morgan fingerprint density at radius 1 is 1.33 bits per heavy atom. The quantitative estimate of drug-likeness (QED) is 0.705. The zero-order valence-corrected chi connectivity index (χ0v) is 11.3. The number of aromatic nitrogens is 5. The van der Waals surface area contributed by atoms with E-state index >= 15 is 0 Å². The van der Waals surface area contributed by atoms with Crippen molar-refractivity contribution < 1.29 is 0 Å². The summed E-state index contributed by atoms with van der Waals surface area (Å²) in [4.78, 5) is 10.7. The predicted molar refractivity (Wildman–Crippen MR) is 75.8 cm³/mol. The van der Waals surface area contributed by atoms with Gasteiger partial charge in [-0.2, -0.15) is 10.4 Å². The highest BCUT2D eigenvalue weighted by Gasteiger charge is 2.28. The maximum absolute atomic E-state index is 9.45. The first-order valence-electron chi connectivity index (χ1n) is 6.83. The van der Waals surface area contributed by atoms with Crippen LogP contribution in [0.2, 0.25) is 0 Å². The van der Waals surface area contributed by atoms with Crippen LogP contribution >= 0.6 is 0 Å². The Morgan fingerprint density at radius 3 is 3.10 bits per heavy atom. The maximum Gasteiger partial charge on any atom is 0.169 e. The van der Waals surface area contributed by atoms with E-state index in [4.69, 9.17) is 0 Å². The fourth-order valence-corrected chi connectivity index (χ4v) is 2.86. The Balaban J connectivity index is 1.70. The van der Waals surface area contributed by atoms with Crippen molar-refractivity contribution in [2.24, 2.45) is 0 Å². The van der Waals surface area contributed by atoms with Crippen molar-refractivity contribution in [3.63, 3.8) is 0 Å². The number of hydrogen-bond acceptors (Lipinski definition) is 5. The van der Waals surface area contributed by atoms with Crippen LogP contribution in [-0.2, 0) is 0 Å². The van der Waals surface area contributed by atoms with Crippen LogP contribution in [0.3, 0.4) is 0 Å². The van der Waals surface area contributed by atoms with Crippen LogP contribution in [0, 0.1) is 11.3 Å². The summed E-state index contributed by atoms with van der Waals surface area (Å²) in [7, 11) is 0.